The summed E-state index contributed by atoms with van der Waals surface area (Å²) in [6.07, 6.45) is 2.91. The number of halogens is 1. The molecule has 3 rings (SSSR count). The maximum absolute atomic E-state index is 11.6. The lowest BCUT2D eigenvalue weighted by Gasteiger charge is -2.31. The minimum absolute atomic E-state index is 0.0605. The summed E-state index contributed by atoms with van der Waals surface area (Å²) < 4.78 is 1.76. The lowest BCUT2D eigenvalue weighted by molar-refractivity contribution is 0.202. The number of likely N-dealkylation sites (tertiary alicyclic amines) is 1. The second-order valence-electron chi connectivity index (χ2n) is 6.50. The minimum Gasteiger partial charge on any atom is -0.311 e. The van der Waals surface area contributed by atoms with Gasteiger partial charge in [-0.1, -0.05) is 18.5 Å². The molecule has 6 nitrogen and oxygen atoms in total. The Kier molecular flexibility index (Phi) is 5.06. The molecule has 1 N–H and O–H groups in total. The summed E-state index contributed by atoms with van der Waals surface area (Å²) in [6, 6.07) is 1.64. The second kappa shape index (κ2) is 7.07. The Morgan fingerprint density at radius 2 is 2.08 bits per heavy atom. The molecule has 2 aromatic rings. The topological polar surface area (TPSA) is 66.8 Å². The summed E-state index contributed by atoms with van der Waals surface area (Å²) in [4.78, 5) is 21.3. The van der Waals surface area contributed by atoms with Crippen molar-refractivity contribution in [3.63, 3.8) is 0 Å². The molecule has 0 bridgehead atoms. The van der Waals surface area contributed by atoms with Gasteiger partial charge >= 0.3 is 0 Å². The standard InChI is InChI=1S/C17H24ClN5O/c1-4-14-13(17(18)22(3)21-14)10-23-7-5-12(6-8-23)15-9-16(24)20-11(2)19-15/h9,12H,4-8,10H2,1-3H3,(H,19,20,24). The number of aromatic amines is 1. The smallest absolute Gasteiger partial charge is 0.251 e. The van der Waals surface area contributed by atoms with Crippen molar-refractivity contribution in [2.75, 3.05) is 13.1 Å². The summed E-state index contributed by atoms with van der Waals surface area (Å²) in [5.74, 6) is 1.05. The maximum atomic E-state index is 11.6. The van der Waals surface area contributed by atoms with Gasteiger partial charge in [0.25, 0.3) is 5.56 Å². The minimum atomic E-state index is -0.0605. The van der Waals surface area contributed by atoms with Gasteiger partial charge in [0.1, 0.15) is 11.0 Å². The first-order valence-electron chi connectivity index (χ1n) is 8.48. The van der Waals surface area contributed by atoms with Crippen molar-refractivity contribution in [2.45, 2.75) is 45.6 Å². The van der Waals surface area contributed by atoms with Gasteiger partial charge < -0.3 is 4.98 Å². The van der Waals surface area contributed by atoms with Gasteiger partial charge in [0.15, 0.2) is 0 Å². The van der Waals surface area contributed by atoms with Crippen LogP contribution in [0.2, 0.25) is 5.15 Å². The summed E-state index contributed by atoms with van der Waals surface area (Å²) in [7, 11) is 1.89. The number of piperidine rings is 1. The van der Waals surface area contributed by atoms with Crippen LogP contribution in [0.3, 0.4) is 0 Å². The lowest BCUT2D eigenvalue weighted by Crippen LogP contribution is -2.33. The van der Waals surface area contributed by atoms with Crippen molar-refractivity contribution >= 4 is 11.6 Å². The fraction of sp³-hybridized carbons (Fsp3) is 0.588. The highest BCUT2D eigenvalue weighted by Crippen LogP contribution is 2.28. The summed E-state index contributed by atoms with van der Waals surface area (Å²) in [5.41, 5.74) is 3.08. The van der Waals surface area contributed by atoms with Crippen LogP contribution >= 0.6 is 11.6 Å². The van der Waals surface area contributed by atoms with Gasteiger partial charge in [0.2, 0.25) is 0 Å². The molecule has 0 aliphatic carbocycles. The van der Waals surface area contributed by atoms with Gasteiger partial charge in [-0.05, 0) is 39.3 Å². The average molecular weight is 350 g/mol. The molecule has 0 atom stereocenters. The number of hydrogen-bond donors (Lipinski definition) is 1. The highest BCUT2D eigenvalue weighted by atomic mass is 35.5. The summed E-state index contributed by atoms with van der Waals surface area (Å²) in [6.45, 7) is 6.73. The van der Waals surface area contributed by atoms with E-state index in [4.69, 9.17) is 11.6 Å². The Bertz CT molecular complexity index is 774. The second-order valence-corrected chi connectivity index (χ2v) is 6.86. The van der Waals surface area contributed by atoms with Gasteiger partial charge in [-0.15, -0.1) is 0 Å². The molecule has 1 aliphatic rings. The van der Waals surface area contributed by atoms with Crippen LogP contribution in [0.1, 0.15) is 48.5 Å². The third-order valence-electron chi connectivity index (χ3n) is 4.75. The predicted octanol–water partition coefficient (Wildman–Crippen LogP) is 2.41. The van der Waals surface area contributed by atoms with Crippen molar-refractivity contribution in [3.8, 4) is 0 Å². The molecule has 2 aromatic heterocycles. The normalized spacial score (nSPS) is 16.7. The van der Waals surface area contributed by atoms with Crippen LogP contribution < -0.4 is 5.56 Å². The SMILES string of the molecule is CCc1nn(C)c(Cl)c1CN1CCC(c2cc(=O)[nH]c(C)n2)CC1. The third kappa shape index (κ3) is 3.54. The fourth-order valence-corrected chi connectivity index (χ4v) is 3.67. The van der Waals surface area contributed by atoms with Crippen LogP contribution in [0, 0.1) is 6.92 Å². The molecule has 0 saturated carbocycles. The monoisotopic (exact) mass is 349 g/mol. The summed E-state index contributed by atoms with van der Waals surface area (Å²) >= 11 is 6.40. The maximum Gasteiger partial charge on any atom is 0.251 e. The van der Waals surface area contributed by atoms with Crippen molar-refractivity contribution in [1.82, 2.24) is 24.6 Å². The van der Waals surface area contributed by atoms with E-state index in [0.29, 0.717) is 11.7 Å². The zero-order chi connectivity index (χ0) is 17.3. The number of nitrogens with one attached hydrogen (secondary N) is 1. The van der Waals surface area contributed by atoms with E-state index in [1.165, 1.54) is 0 Å². The highest BCUT2D eigenvalue weighted by Gasteiger charge is 2.24. The molecule has 1 fully saturated rings. The van der Waals surface area contributed by atoms with Gasteiger partial charge in [0.05, 0.1) is 11.4 Å². The molecule has 0 spiro atoms. The van der Waals surface area contributed by atoms with E-state index in [-0.39, 0.29) is 5.56 Å². The molecule has 24 heavy (non-hydrogen) atoms. The first-order chi connectivity index (χ1) is 11.5. The fourth-order valence-electron chi connectivity index (χ4n) is 3.46. The Balaban J connectivity index is 1.66. The number of hydrogen-bond acceptors (Lipinski definition) is 4. The largest absolute Gasteiger partial charge is 0.311 e. The molecular weight excluding hydrogens is 326 g/mol. The molecule has 1 aliphatic heterocycles. The number of nitrogens with zero attached hydrogens (tertiary/aromatic N) is 4. The highest BCUT2D eigenvalue weighted by molar-refractivity contribution is 6.30. The van der Waals surface area contributed by atoms with E-state index in [2.05, 4.69) is 26.9 Å². The van der Waals surface area contributed by atoms with Gasteiger partial charge in [-0.3, -0.25) is 14.4 Å². The molecule has 0 radical (unpaired) electrons. The Morgan fingerprint density at radius 3 is 2.71 bits per heavy atom. The van der Waals surface area contributed by atoms with E-state index in [1.54, 1.807) is 10.7 Å². The van der Waals surface area contributed by atoms with E-state index in [0.717, 1.165) is 61.0 Å². The molecule has 0 aromatic carbocycles. The van der Waals surface area contributed by atoms with E-state index < -0.39 is 0 Å². The number of rotatable bonds is 4. The molecule has 1 saturated heterocycles. The number of aromatic nitrogens is 4. The Labute approximate surface area is 146 Å². The zero-order valence-electron chi connectivity index (χ0n) is 14.5. The Morgan fingerprint density at radius 1 is 1.38 bits per heavy atom. The van der Waals surface area contributed by atoms with E-state index in [1.807, 2.05) is 14.0 Å². The first-order valence-corrected chi connectivity index (χ1v) is 8.86. The first kappa shape index (κ1) is 17.2. The van der Waals surface area contributed by atoms with Crippen LogP contribution in [-0.2, 0) is 20.0 Å². The third-order valence-corrected chi connectivity index (χ3v) is 5.23. The molecule has 3 heterocycles. The average Bonchev–Trinajstić information content (AvgIpc) is 2.82. The quantitative estimate of drug-likeness (QED) is 0.920. The predicted molar refractivity (Wildman–Crippen MR) is 94.4 cm³/mol. The molecule has 7 heteroatoms. The van der Waals surface area contributed by atoms with Crippen LogP contribution in [0.15, 0.2) is 10.9 Å². The molecule has 0 unspecified atom stereocenters. The van der Waals surface area contributed by atoms with E-state index in [9.17, 15) is 4.79 Å². The van der Waals surface area contributed by atoms with Gasteiger partial charge in [0, 0.05) is 31.1 Å². The van der Waals surface area contributed by atoms with E-state index >= 15 is 0 Å². The van der Waals surface area contributed by atoms with Crippen molar-refractivity contribution in [1.29, 1.82) is 0 Å². The molecule has 0 amide bonds. The lowest BCUT2D eigenvalue weighted by atomic mass is 9.93. The van der Waals surface area contributed by atoms with Gasteiger partial charge in [-0.25, -0.2) is 4.98 Å². The van der Waals surface area contributed by atoms with Crippen molar-refractivity contribution in [3.05, 3.63) is 44.3 Å². The van der Waals surface area contributed by atoms with Gasteiger partial charge in [-0.2, -0.15) is 5.10 Å². The molecular formula is C17H24ClN5O. The van der Waals surface area contributed by atoms with Crippen LogP contribution in [0.25, 0.3) is 0 Å². The summed E-state index contributed by atoms with van der Waals surface area (Å²) in [5, 5.41) is 5.22. The van der Waals surface area contributed by atoms with Crippen LogP contribution in [-0.4, -0.2) is 37.7 Å². The Hall–Kier alpha value is -1.66. The van der Waals surface area contributed by atoms with Crippen LogP contribution in [0.4, 0.5) is 0 Å². The number of aryl methyl sites for hydroxylation is 3. The zero-order valence-corrected chi connectivity index (χ0v) is 15.2. The van der Waals surface area contributed by atoms with Crippen molar-refractivity contribution in [2.24, 2.45) is 7.05 Å². The number of H-pyrrole nitrogens is 1. The van der Waals surface area contributed by atoms with Crippen molar-refractivity contribution < 1.29 is 0 Å². The molecule has 130 valence electrons. The van der Waals surface area contributed by atoms with Crippen LogP contribution in [0.5, 0.6) is 0 Å².